The molecule has 0 radical (unpaired) electrons. The molecule has 5 atom stereocenters. The van der Waals surface area contributed by atoms with Crippen molar-refractivity contribution in [3.05, 3.63) is 0 Å². The summed E-state index contributed by atoms with van der Waals surface area (Å²) in [7, 11) is -9.90. The first-order valence-electron chi connectivity index (χ1n) is 36.7. The summed E-state index contributed by atoms with van der Waals surface area (Å²) in [6.07, 6.45) is 43.3. The quantitative estimate of drug-likeness (QED) is 0.0222. The zero-order valence-corrected chi connectivity index (χ0v) is 60.6. The number of hydrogen-bond donors (Lipinski definition) is 3. The topological polar surface area (TPSA) is 237 Å². The molecular formula is C71H138O17P2. The van der Waals surface area contributed by atoms with Crippen LogP contribution in [0.1, 0.15) is 351 Å². The summed E-state index contributed by atoms with van der Waals surface area (Å²) >= 11 is 0. The van der Waals surface area contributed by atoms with Gasteiger partial charge < -0.3 is 33.8 Å². The molecule has 0 saturated heterocycles. The van der Waals surface area contributed by atoms with Gasteiger partial charge >= 0.3 is 39.5 Å². The van der Waals surface area contributed by atoms with Gasteiger partial charge in [0, 0.05) is 25.7 Å². The van der Waals surface area contributed by atoms with Gasteiger partial charge in [-0.3, -0.25) is 37.3 Å². The Kier molecular flexibility index (Phi) is 59.4. The van der Waals surface area contributed by atoms with Gasteiger partial charge in [-0.05, 0) is 49.4 Å². The predicted molar refractivity (Wildman–Crippen MR) is 363 cm³/mol. The van der Waals surface area contributed by atoms with Gasteiger partial charge in [0.05, 0.1) is 26.4 Å². The van der Waals surface area contributed by atoms with E-state index in [-0.39, 0.29) is 25.7 Å². The van der Waals surface area contributed by atoms with E-state index in [0.29, 0.717) is 37.5 Å². The van der Waals surface area contributed by atoms with Crippen molar-refractivity contribution >= 4 is 39.5 Å². The van der Waals surface area contributed by atoms with Crippen molar-refractivity contribution in [2.75, 3.05) is 39.6 Å². The summed E-state index contributed by atoms with van der Waals surface area (Å²) in [5.74, 6) is 0.821. The molecule has 3 unspecified atom stereocenters. The third-order valence-corrected chi connectivity index (χ3v) is 18.2. The lowest BCUT2D eigenvalue weighted by Crippen LogP contribution is -2.30. The van der Waals surface area contributed by atoms with E-state index < -0.39 is 97.5 Å². The van der Waals surface area contributed by atoms with Crippen molar-refractivity contribution < 1.29 is 80.2 Å². The Morgan fingerprint density at radius 3 is 0.689 bits per heavy atom. The second-order valence-corrected chi connectivity index (χ2v) is 30.4. The smallest absolute Gasteiger partial charge is 0.462 e. The number of esters is 4. The number of phosphoric acid groups is 2. The molecule has 0 aromatic heterocycles. The van der Waals surface area contributed by atoms with Gasteiger partial charge in [0.15, 0.2) is 12.2 Å². The van der Waals surface area contributed by atoms with Crippen LogP contribution < -0.4 is 0 Å². The maximum Gasteiger partial charge on any atom is 0.472 e. The molecule has 17 nitrogen and oxygen atoms in total. The Morgan fingerprint density at radius 2 is 0.467 bits per heavy atom. The molecule has 19 heteroatoms. The molecule has 0 aromatic rings. The second kappa shape index (κ2) is 60.7. The largest absolute Gasteiger partial charge is 0.472 e. The fourth-order valence-electron chi connectivity index (χ4n) is 10.7. The third kappa shape index (κ3) is 64.8. The van der Waals surface area contributed by atoms with Crippen molar-refractivity contribution in [1.29, 1.82) is 0 Å². The first kappa shape index (κ1) is 88.1. The molecule has 0 aliphatic rings. The van der Waals surface area contributed by atoms with Gasteiger partial charge in [0.2, 0.25) is 0 Å². The molecule has 0 aliphatic carbocycles. The van der Waals surface area contributed by atoms with Gasteiger partial charge in [-0.2, -0.15) is 0 Å². The highest BCUT2D eigenvalue weighted by molar-refractivity contribution is 7.47. The molecule has 0 rings (SSSR count). The maximum atomic E-state index is 13.0. The molecule has 0 heterocycles. The van der Waals surface area contributed by atoms with E-state index in [1.165, 1.54) is 148 Å². The van der Waals surface area contributed by atoms with Crippen molar-refractivity contribution in [3.63, 3.8) is 0 Å². The molecule has 0 fully saturated rings. The number of ether oxygens (including phenoxy) is 4. The molecule has 0 saturated carbocycles. The minimum atomic E-state index is -4.95. The summed E-state index contributed by atoms with van der Waals surface area (Å²) in [5.41, 5.74) is 0. The van der Waals surface area contributed by atoms with Crippen LogP contribution in [0, 0.1) is 23.7 Å². The van der Waals surface area contributed by atoms with Gasteiger partial charge in [0.1, 0.15) is 19.3 Å². The van der Waals surface area contributed by atoms with Gasteiger partial charge in [-0.25, -0.2) is 9.13 Å². The van der Waals surface area contributed by atoms with Crippen molar-refractivity contribution in [2.24, 2.45) is 23.7 Å². The highest BCUT2D eigenvalue weighted by Crippen LogP contribution is 2.45. The Bertz CT molecular complexity index is 1780. The van der Waals surface area contributed by atoms with E-state index in [9.17, 15) is 43.2 Å². The first-order valence-corrected chi connectivity index (χ1v) is 39.7. The van der Waals surface area contributed by atoms with Crippen LogP contribution in [-0.4, -0.2) is 96.7 Å². The van der Waals surface area contributed by atoms with Gasteiger partial charge in [0.25, 0.3) is 0 Å². The fraction of sp³-hybridized carbons (Fsp3) is 0.944. The lowest BCUT2D eigenvalue weighted by molar-refractivity contribution is -0.161. The SMILES string of the molecule is CC(C)CCCCCCCCCCCCCCCCC(=O)OC[C@H](COP(=O)(O)OCC(O)COP(=O)(O)OC[C@@H](COC(=O)CCCCCCCCCC(C)C)OC(=O)CCCCCCCCCC(C)C)OC(=O)CCCCCCCCCCCCC(C)C. The van der Waals surface area contributed by atoms with Crippen molar-refractivity contribution in [3.8, 4) is 0 Å². The number of hydrogen-bond acceptors (Lipinski definition) is 15. The van der Waals surface area contributed by atoms with E-state index in [1.807, 2.05) is 0 Å². The van der Waals surface area contributed by atoms with Crippen LogP contribution in [0.2, 0.25) is 0 Å². The van der Waals surface area contributed by atoms with E-state index in [1.54, 1.807) is 0 Å². The van der Waals surface area contributed by atoms with Crippen LogP contribution >= 0.6 is 15.6 Å². The van der Waals surface area contributed by atoms with Crippen LogP contribution in [0.25, 0.3) is 0 Å². The van der Waals surface area contributed by atoms with E-state index in [0.717, 1.165) is 108 Å². The summed E-state index contributed by atoms with van der Waals surface area (Å²) in [5, 5.41) is 10.6. The zero-order valence-electron chi connectivity index (χ0n) is 58.8. The second-order valence-electron chi connectivity index (χ2n) is 27.5. The van der Waals surface area contributed by atoms with Crippen molar-refractivity contribution in [1.82, 2.24) is 0 Å². The third-order valence-electron chi connectivity index (χ3n) is 16.3. The standard InChI is InChI=1S/C71H138O17P2/c1-61(2)47-39-31-23-17-13-11-9-10-12-14-19-27-35-43-51-68(73)81-57-66(87-70(75)53-45-37-28-20-16-15-18-24-32-40-48-62(3)4)59-85-89(77,78)83-55-65(72)56-84-90(79,80)86-60-67(88-71(76)54-46-38-30-22-26-34-42-50-64(7)8)58-82-69(74)52-44-36-29-21-25-33-41-49-63(5)6/h61-67,72H,9-60H2,1-8H3,(H,77,78)(H,79,80)/t65?,66-,67-/m1/s1. The molecule has 3 N–H and O–H groups in total. The van der Waals surface area contributed by atoms with Crippen LogP contribution in [0.4, 0.5) is 0 Å². The number of aliphatic hydroxyl groups is 1. The summed E-state index contributed by atoms with van der Waals surface area (Å²) in [6.45, 7) is 14.1. The Hall–Kier alpha value is -1.94. The molecule has 0 spiro atoms. The van der Waals surface area contributed by atoms with E-state index in [2.05, 4.69) is 55.4 Å². The fourth-order valence-corrected chi connectivity index (χ4v) is 12.2. The number of aliphatic hydroxyl groups excluding tert-OH is 1. The average Bonchev–Trinajstić information content (AvgIpc) is 3.22. The molecule has 0 aromatic carbocycles. The molecule has 0 aliphatic heterocycles. The lowest BCUT2D eigenvalue weighted by atomic mass is 10.0. The molecule has 90 heavy (non-hydrogen) atoms. The number of carbonyl (C=O) groups excluding carboxylic acids is 4. The van der Waals surface area contributed by atoms with Crippen molar-refractivity contribution in [2.45, 2.75) is 369 Å². The molecule has 0 amide bonds. The maximum absolute atomic E-state index is 13.0. The Labute approximate surface area is 549 Å². The minimum Gasteiger partial charge on any atom is -0.462 e. The summed E-state index contributed by atoms with van der Waals surface area (Å²) in [4.78, 5) is 72.5. The molecule has 534 valence electrons. The Balaban J connectivity index is 5.22. The van der Waals surface area contributed by atoms with E-state index in [4.69, 9.17) is 37.0 Å². The van der Waals surface area contributed by atoms with Gasteiger partial charge in [-0.15, -0.1) is 0 Å². The minimum absolute atomic E-state index is 0.102. The monoisotopic (exact) mass is 1320 g/mol. The number of phosphoric ester groups is 2. The van der Waals surface area contributed by atoms with Crippen LogP contribution in [0.3, 0.4) is 0 Å². The lowest BCUT2D eigenvalue weighted by Gasteiger charge is -2.21. The number of unbranched alkanes of at least 4 members (excludes halogenated alkanes) is 34. The number of carbonyl (C=O) groups is 4. The molecule has 0 bridgehead atoms. The Morgan fingerprint density at radius 1 is 0.278 bits per heavy atom. The number of rotatable bonds is 68. The van der Waals surface area contributed by atoms with E-state index >= 15 is 0 Å². The first-order chi connectivity index (χ1) is 43.1. The van der Waals surface area contributed by atoms with Crippen LogP contribution in [-0.2, 0) is 65.4 Å². The van der Waals surface area contributed by atoms with Gasteiger partial charge in [-0.1, -0.05) is 299 Å². The normalized spacial score (nSPS) is 14.3. The molecular weight excluding hydrogens is 1190 g/mol. The average molecular weight is 1330 g/mol. The highest BCUT2D eigenvalue weighted by Gasteiger charge is 2.30. The summed E-state index contributed by atoms with van der Waals surface area (Å²) in [6, 6.07) is 0. The summed E-state index contributed by atoms with van der Waals surface area (Å²) < 4.78 is 68.3. The highest BCUT2D eigenvalue weighted by atomic mass is 31.2. The van der Waals surface area contributed by atoms with Crippen LogP contribution in [0.15, 0.2) is 0 Å². The zero-order chi connectivity index (χ0) is 66.8. The predicted octanol–water partition coefficient (Wildman–Crippen LogP) is 20.1. The van der Waals surface area contributed by atoms with Crippen LogP contribution in [0.5, 0.6) is 0 Å².